The van der Waals surface area contributed by atoms with Crippen molar-refractivity contribution in [1.82, 2.24) is 14.5 Å². The number of pyridine rings is 1. The summed E-state index contributed by atoms with van der Waals surface area (Å²) in [5, 5.41) is 12.7. The Hall–Kier alpha value is -7.82. The van der Waals surface area contributed by atoms with Gasteiger partial charge in [0.1, 0.15) is 11.6 Å². The highest BCUT2D eigenvalue weighted by Gasteiger charge is 2.30. The molecule has 2 heterocycles. The lowest BCUT2D eigenvalue weighted by Crippen LogP contribution is -2.17. The van der Waals surface area contributed by atoms with Gasteiger partial charge in [-0.2, -0.15) is 0 Å². The number of nitrogens with zero attached hydrogens (tertiary/aromatic N) is 3. The highest BCUT2D eigenvalue weighted by atomic mass is 16.3. The Morgan fingerprint density at radius 2 is 1.00 bits per heavy atom. The molecule has 4 heteroatoms. The Bertz CT molecular complexity index is 3460. The molecule has 0 radical (unpaired) electrons. The van der Waals surface area contributed by atoms with E-state index in [2.05, 4.69) is 248 Å². The number of phenols is 1. The number of phenolic OH excluding ortho intramolecular Hbond substituents is 1. The van der Waals surface area contributed by atoms with Crippen LogP contribution in [0.1, 0.15) is 78.0 Å². The Balaban J connectivity index is 1.28. The van der Waals surface area contributed by atoms with E-state index in [1.54, 1.807) is 0 Å². The normalized spacial score (nSPS) is 12.0. The average Bonchev–Trinajstić information content (AvgIpc) is 3.75. The minimum Gasteiger partial charge on any atom is -0.507 e. The smallest absolute Gasteiger partial charge is 0.149 e. The van der Waals surface area contributed by atoms with E-state index in [0.29, 0.717) is 11.4 Å². The number of aromatic nitrogens is 3. The standard InChI is InChI=1S/C65H59N3O/c1-42(2)53-26-18-28-55(47-24-16-11-17-25-47)61(53)68-59-29-19-27-54(60(59)67-63(68)56-40-52(64(3,4)5)41-57(62(56)69)65(6,7)8)50-36-49(46-32-30-45(31-33-46)43-20-12-9-13-21-43)37-51(38-50)58-39-48(34-35-66-58)44-22-14-10-15-23-44/h9-42,69H,1-8H3. The van der Waals surface area contributed by atoms with Gasteiger partial charge in [-0.3, -0.25) is 9.55 Å². The van der Waals surface area contributed by atoms with Gasteiger partial charge in [0.15, 0.2) is 0 Å². The molecule has 0 fully saturated rings. The minimum absolute atomic E-state index is 0.184. The second-order valence-corrected chi connectivity index (χ2v) is 20.7. The van der Waals surface area contributed by atoms with Crippen molar-refractivity contribution in [3.8, 4) is 89.7 Å². The van der Waals surface area contributed by atoms with Gasteiger partial charge in [0.05, 0.1) is 28.0 Å². The molecule has 0 aliphatic carbocycles. The predicted octanol–water partition coefficient (Wildman–Crippen LogP) is 17.5. The zero-order valence-electron chi connectivity index (χ0n) is 40.9. The van der Waals surface area contributed by atoms with Gasteiger partial charge < -0.3 is 5.11 Å². The van der Waals surface area contributed by atoms with Crippen LogP contribution in [0.3, 0.4) is 0 Å². The molecule has 4 nitrogen and oxygen atoms in total. The van der Waals surface area contributed by atoms with Crippen LogP contribution in [0.15, 0.2) is 200 Å². The van der Waals surface area contributed by atoms with Gasteiger partial charge in [-0.25, -0.2) is 4.98 Å². The Labute approximate surface area is 407 Å². The summed E-state index contributed by atoms with van der Waals surface area (Å²) in [6.45, 7) is 17.7. The molecule has 0 atom stereocenters. The van der Waals surface area contributed by atoms with Crippen molar-refractivity contribution in [2.75, 3.05) is 0 Å². The van der Waals surface area contributed by atoms with Crippen molar-refractivity contribution in [3.63, 3.8) is 0 Å². The number of rotatable bonds is 9. The fourth-order valence-electron chi connectivity index (χ4n) is 9.66. The second-order valence-electron chi connectivity index (χ2n) is 20.7. The summed E-state index contributed by atoms with van der Waals surface area (Å²) in [6, 6.07) is 69.1. The molecule has 0 saturated heterocycles. The van der Waals surface area contributed by atoms with E-state index >= 15 is 0 Å². The molecule has 10 rings (SSSR count). The van der Waals surface area contributed by atoms with E-state index < -0.39 is 0 Å². The molecule has 0 saturated carbocycles. The second kappa shape index (κ2) is 18.0. The SMILES string of the molecule is CC(C)c1cccc(-c2ccccc2)c1-n1c(-c2cc(C(C)(C)C)cc(C(C)(C)C)c2O)nc2c(-c3cc(-c4ccc(-c5ccccc5)cc4)cc(-c4cc(-c5ccccc5)ccn4)c3)cccc21. The molecule has 0 spiro atoms. The number of hydrogen-bond acceptors (Lipinski definition) is 3. The molecular weight excluding hydrogens is 839 g/mol. The number of para-hydroxylation sites is 2. The van der Waals surface area contributed by atoms with Crippen LogP contribution in [0.4, 0.5) is 0 Å². The number of benzene rings is 8. The van der Waals surface area contributed by atoms with Crippen molar-refractivity contribution in [2.45, 2.75) is 72.1 Å². The maximum atomic E-state index is 12.7. The Morgan fingerprint density at radius 3 is 1.62 bits per heavy atom. The van der Waals surface area contributed by atoms with E-state index in [0.717, 1.165) is 83.6 Å². The molecule has 69 heavy (non-hydrogen) atoms. The molecule has 2 aromatic heterocycles. The van der Waals surface area contributed by atoms with Crippen LogP contribution in [0.2, 0.25) is 0 Å². The fraction of sp³-hybridized carbons (Fsp3) is 0.169. The van der Waals surface area contributed by atoms with Gasteiger partial charge in [-0.1, -0.05) is 207 Å². The topological polar surface area (TPSA) is 50.9 Å². The summed E-state index contributed by atoms with van der Waals surface area (Å²) in [5.74, 6) is 1.13. The lowest BCUT2D eigenvalue weighted by atomic mass is 9.79. The first-order valence-electron chi connectivity index (χ1n) is 24.1. The van der Waals surface area contributed by atoms with Gasteiger partial charge >= 0.3 is 0 Å². The molecule has 10 aromatic rings. The fourth-order valence-corrected chi connectivity index (χ4v) is 9.66. The molecule has 340 valence electrons. The van der Waals surface area contributed by atoms with Gasteiger partial charge in [-0.15, -0.1) is 0 Å². The van der Waals surface area contributed by atoms with Crippen molar-refractivity contribution in [2.24, 2.45) is 0 Å². The number of imidazole rings is 1. The first-order valence-corrected chi connectivity index (χ1v) is 24.1. The molecule has 0 aliphatic rings. The molecular formula is C65H59N3O. The van der Waals surface area contributed by atoms with Crippen molar-refractivity contribution in [1.29, 1.82) is 0 Å². The first-order chi connectivity index (χ1) is 33.2. The summed E-state index contributed by atoms with van der Waals surface area (Å²) in [4.78, 5) is 10.8. The quantitative estimate of drug-likeness (QED) is 0.157. The summed E-state index contributed by atoms with van der Waals surface area (Å²) in [6.07, 6.45) is 1.91. The number of aromatic hydroxyl groups is 1. The lowest BCUT2D eigenvalue weighted by molar-refractivity contribution is 0.446. The third-order valence-corrected chi connectivity index (χ3v) is 13.4. The van der Waals surface area contributed by atoms with Gasteiger partial charge in [0.2, 0.25) is 0 Å². The predicted molar refractivity (Wildman–Crippen MR) is 290 cm³/mol. The van der Waals surface area contributed by atoms with Gasteiger partial charge in [-0.05, 0) is 115 Å². The van der Waals surface area contributed by atoms with Crippen LogP contribution >= 0.6 is 0 Å². The zero-order valence-corrected chi connectivity index (χ0v) is 40.9. The monoisotopic (exact) mass is 897 g/mol. The third-order valence-electron chi connectivity index (χ3n) is 13.4. The summed E-state index contributed by atoms with van der Waals surface area (Å²) >= 11 is 0. The van der Waals surface area contributed by atoms with E-state index in [1.807, 2.05) is 12.3 Å². The van der Waals surface area contributed by atoms with Crippen LogP contribution in [0, 0.1) is 0 Å². The van der Waals surface area contributed by atoms with Crippen LogP contribution in [0.25, 0.3) is 95.0 Å². The zero-order chi connectivity index (χ0) is 48.0. The van der Waals surface area contributed by atoms with Crippen molar-refractivity contribution in [3.05, 3.63) is 217 Å². The molecule has 0 unspecified atom stereocenters. The summed E-state index contributed by atoms with van der Waals surface area (Å²) in [5.41, 5.74) is 19.1. The van der Waals surface area contributed by atoms with E-state index in [1.165, 1.54) is 16.7 Å². The first kappa shape index (κ1) is 45.0. The molecule has 1 N–H and O–H groups in total. The molecule has 0 amide bonds. The summed E-state index contributed by atoms with van der Waals surface area (Å²) in [7, 11) is 0. The van der Waals surface area contributed by atoms with E-state index in [9.17, 15) is 5.11 Å². The summed E-state index contributed by atoms with van der Waals surface area (Å²) < 4.78 is 2.34. The maximum absolute atomic E-state index is 12.7. The maximum Gasteiger partial charge on any atom is 0.149 e. The lowest BCUT2D eigenvalue weighted by Gasteiger charge is -2.28. The third kappa shape index (κ3) is 8.80. The van der Waals surface area contributed by atoms with Gasteiger partial charge in [0.25, 0.3) is 0 Å². The van der Waals surface area contributed by atoms with Crippen molar-refractivity contribution < 1.29 is 5.11 Å². The molecule has 0 bridgehead atoms. The van der Waals surface area contributed by atoms with Crippen LogP contribution < -0.4 is 0 Å². The molecule has 0 aliphatic heterocycles. The molecule has 8 aromatic carbocycles. The Morgan fingerprint density at radius 1 is 0.449 bits per heavy atom. The van der Waals surface area contributed by atoms with Crippen LogP contribution in [-0.4, -0.2) is 19.6 Å². The number of hydrogen-bond donors (Lipinski definition) is 1. The van der Waals surface area contributed by atoms with Gasteiger partial charge in [0, 0.05) is 28.5 Å². The van der Waals surface area contributed by atoms with Crippen LogP contribution in [-0.2, 0) is 10.8 Å². The van der Waals surface area contributed by atoms with Crippen LogP contribution in [0.5, 0.6) is 5.75 Å². The highest BCUT2D eigenvalue weighted by Crippen LogP contribution is 2.47. The Kier molecular flexibility index (Phi) is 11.7. The number of fused-ring (bicyclic) bond motifs is 1. The van der Waals surface area contributed by atoms with E-state index in [-0.39, 0.29) is 22.5 Å². The highest BCUT2D eigenvalue weighted by molar-refractivity contribution is 5.99. The average molecular weight is 898 g/mol. The largest absolute Gasteiger partial charge is 0.507 e. The van der Waals surface area contributed by atoms with Crippen molar-refractivity contribution >= 4 is 11.0 Å². The van der Waals surface area contributed by atoms with E-state index in [4.69, 9.17) is 9.97 Å². The minimum atomic E-state index is -0.338.